The lowest BCUT2D eigenvalue weighted by Crippen LogP contribution is -2.26. The van der Waals surface area contributed by atoms with E-state index in [4.69, 9.17) is 5.73 Å². The van der Waals surface area contributed by atoms with Crippen LogP contribution in [0.3, 0.4) is 0 Å². The molecule has 92 valence electrons. The van der Waals surface area contributed by atoms with Crippen LogP contribution in [0.5, 0.6) is 0 Å². The average Bonchev–Trinajstić information content (AvgIpc) is 2.95. The van der Waals surface area contributed by atoms with Crippen LogP contribution in [0.4, 0.5) is 11.8 Å². The molecule has 7 nitrogen and oxygen atoms in total. The van der Waals surface area contributed by atoms with Gasteiger partial charge in [-0.15, -0.1) is 6.58 Å². The van der Waals surface area contributed by atoms with Crippen LogP contribution in [-0.4, -0.2) is 32.4 Å². The third kappa shape index (κ3) is 1.52. The number of fused-ring (bicyclic) bond motifs is 1. The first kappa shape index (κ1) is 10.7. The third-order valence-corrected chi connectivity index (χ3v) is 3.03. The van der Waals surface area contributed by atoms with E-state index in [2.05, 4.69) is 26.5 Å². The highest BCUT2D eigenvalue weighted by molar-refractivity contribution is 5.95. The van der Waals surface area contributed by atoms with Gasteiger partial charge in [0.15, 0.2) is 11.5 Å². The molecular formula is C11H12N6O. The Labute approximate surface area is 103 Å². The number of anilines is 2. The number of nitrogens with two attached hydrogens (primary N) is 1. The molecule has 1 aliphatic heterocycles. The van der Waals surface area contributed by atoms with Gasteiger partial charge in [0.25, 0.3) is 0 Å². The first-order valence-corrected chi connectivity index (χ1v) is 5.58. The Morgan fingerprint density at radius 3 is 3.11 bits per heavy atom. The van der Waals surface area contributed by atoms with Crippen molar-refractivity contribution in [1.82, 2.24) is 19.9 Å². The van der Waals surface area contributed by atoms with Crippen LogP contribution in [0.25, 0.3) is 11.2 Å². The van der Waals surface area contributed by atoms with E-state index in [-0.39, 0.29) is 11.8 Å². The molecule has 0 bridgehead atoms. The molecule has 1 aliphatic rings. The Balaban J connectivity index is 2.04. The van der Waals surface area contributed by atoms with Crippen LogP contribution in [0.2, 0.25) is 0 Å². The molecule has 1 unspecified atom stereocenters. The van der Waals surface area contributed by atoms with Crippen molar-refractivity contribution < 1.29 is 4.79 Å². The zero-order valence-corrected chi connectivity index (χ0v) is 9.63. The summed E-state index contributed by atoms with van der Waals surface area (Å²) in [6.45, 7) is 4.24. The largest absolute Gasteiger partial charge is 0.382 e. The van der Waals surface area contributed by atoms with Gasteiger partial charge in [-0.2, -0.15) is 9.97 Å². The van der Waals surface area contributed by atoms with Crippen LogP contribution in [0.1, 0.15) is 6.42 Å². The number of aromatic amines is 1. The van der Waals surface area contributed by atoms with Crippen molar-refractivity contribution in [2.45, 2.75) is 6.42 Å². The van der Waals surface area contributed by atoms with Crippen LogP contribution in [0, 0.1) is 5.92 Å². The van der Waals surface area contributed by atoms with E-state index in [9.17, 15) is 4.79 Å². The Hall–Kier alpha value is -2.44. The van der Waals surface area contributed by atoms with Gasteiger partial charge in [-0.1, -0.05) is 6.08 Å². The molecular weight excluding hydrogens is 232 g/mol. The molecule has 0 spiro atoms. The van der Waals surface area contributed by atoms with E-state index in [0.29, 0.717) is 35.9 Å². The van der Waals surface area contributed by atoms with Crippen molar-refractivity contribution in [1.29, 1.82) is 0 Å². The van der Waals surface area contributed by atoms with Gasteiger partial charge in [-0.05, 0) is 0 Å². The summed E-state index contributed by atoms with van der Waals surface area (Å²) >= 11 is 0. The molecule has 7 heteroatoms. The summed E-state index contributed by atoms with van der Waals surface area (Å²) in [6.07, 6.45) is 3.71. The van der Waals surface area contributed by atoms with Crippen LogP contribution >= 0.6 is 0 Å². The summed E-state index contributed by atoms with van der Waals surface area (Å²) in [6, 6.07) is 0. The fourth-order valence-corrected chi connectivity index (χ4v) is 2.05. The van der Waals surface area contributed by atoms with Gasteiger partial charge in [0.1, 0.15) is 5.52 Å². The van der Waals surface area contributed by atoms with Gasteiger partial charge in [0, 0.05) is 18.9 Å². The van der Waals surface area contributed by atoms with E-state index in [0.717, 1.165) is 0 Å². The SMILES string of the molecule is C=CC1CC(=O)N(c2nc(N)c3[nH]cnc3n2)C1. The van der Waals surface area contributed by atoms with Gasteiger partial charge in [0.2, 0.25) is 11.9 Å². The van der Waals surface area contributed by atoms with Crippen molar-refractivity contribution in [2.24, 2.45) is 5.92 Å². The number of hydrogen-bond donors (Lipinski definition) is 2. The fourth-order valence-electron chi connectivity index (χ4n) is 2.05. The Bertz CT molecular complexity index is 633. The molecule has 1 fully saturated rings. The zero-order valence-electron chi connectivity index (χ0n) is 9.63. The number of amides is 1. The number of nitrogens with zero attached hydrogens (tertiary/aromatic N) is 4. The lowest BCUT2D eigenvalue weighted by atomic mass is 10.1. The second-order valence-corrected chi connectivity index (χ2v) is 4.21. The second-order valence-electron chi connectivity index (χ2n) is 4.21. The minimum Gasteiger partial charge on any atom is -0.382 e. The smallest absolute Gasteiger partial charge is 0.236 e. The number of carbonyl (C=O) groups excluding carboxylic acids is 1. The van der Waals surface area contributed by atoms with Crippen LogP contribution < -0.4 is 10.6 Å². The average molecular weight is 244 g/mol. The zero-order chi connectivity index (χ0) is 12.7. The molecule has 2 aromatic heterocycles. The van der Waals surface area contributed by atoms with Crippen molar-refractivity contribution >= 4 is 28.8 Å². The second kappa shape index (κ2) is 3.80. The van der Waals surface area contributed by atoms with Crippen molar-refractivity contribution in [3.8, 4) is 0 Å². The summed E-state index contributed by atoms with van der Waals surface area (Å²) in [7, 11) is 0. The first-order chi connectivity index (χ1) is 8.69. The molecule has 18 heavy (non-hydrogen) atoms. The summed E-state index contributed by atoms with van der Waals surface area (Å²) in [5.74, 6) is 0.718. The minimum atomic E-state index is -0.0193. The molecule has 1 saturated heterocycles. The maximum absolute atomic E-state index is 11.9. The summed E-state index contributed by atoms with van der Waals surface area (Å²) < 4.78 is 0. The first-order valence-electron chi connectivity index (χ1n) is 5.58. The topological polar surface area (TPSA) is 101 Å². The maximum Gasteiger partial charge on any atom is 0.236 e. The Morgan fingerprint density at radius 2 is 2.39 bits per heavy atom. The molecule has 1 atom stereocenters. The van der Waals surface area contributed by atoms with Gasteiger partial charge in [-0.3, -0.25) is 9.69 Å². The lowest BCUT2D eigenvalue weighted by molar-refractivity contribution is -0.117. The molecule has 1 amide bonds. The van der Waals surface area contributed by atoms with E-state index in [1.165, 1.54) is 11.2 Å². The number of aromatic nitrogens is 4. The van der Waals surface area contributed by atoms with Gasteiger partial charge in [-0.25, -0.2) is 4.98 Å². The van der Waals surface area contributed by atoms with Crippen LogP contribution in [0.15, 0.2) is 19.0 Å². The molecule has 0 aromatic carbocycles. The minimum absolute atomic E-state index is 0.0193. The van der Waals surface area contributed by atoms with Gasteiger partial charge >= 0.3 is 0 Å². The maximum atomic E-state index is 11.9. The van der Waals surface area contributed by atoms with Crippen LogP contribution in [-0.2, 0) is 4.79 Å². The highest BCUT2D eigenvalue weighted by Gasteiger charge is 2.31. The molecule has 0 saturated carbocycles. The van der Waals surface area contributed by atoms with E-state index < -0.39 is 0 Å². The van der Waals surface area contributed by atoms with E-state index in [1.807, 2.05) is 0 Å². The summed E-state index contributed by atoms with van der Waals surface area (Å²) in [5, 5.41) is 0. The molecule has 3 heterocycles. The summed E-state index contributed by atoms with van der Waals surface area (Å²) in [4.78, 5) is 28.6. The standard InChI is InChI=1S/C11H12N6O/c1-2-6-3-7(18)17(4-6)11-15-9(12)8-10(16-11)14-5-13-8/h2,5-6H,1,3-4H2,(H3,12,13,14,15,16). The number of nitrogen functional groups attached to an aromatic ring is 1. The monoisotopic (exact) mass is 244 g/mol. The van der Waals surface area contributed by atoms with Crippen molar-refractivity contribution in [3.63, 3.8) is 0 Å². The predicted octanol–water partition coefficient (Wildman–Crippen LogP) is 0.474. The lowest BCUT2D eigenvalue weighted by Gasteiger charge is -2.13. The van der Waals surface area contributed by atoms with E-state index >= 15 is 0 Å². The third-order valence-electron chi connectivity index (χ3n) is 3.03. The highest BCUT2D eigenvalue weighted by Crippen LogP contribution is 2.25. The van der Waals surface area contributed by atoms with Gasteiger partial charge in [0.05, 0.1) is 6.33 Å². The van der Waals surface area contributed by atoms with Crippen molar-refractivity contribution in [3.05, 3.63) is 19.0 Å². The Kier molecular flexibility index (Phi) is 2.26. The molecule has 3 N–H and O–H groups in total. The summed E-state index contributed by atoms with van der Waals surface area (Å²) in [5.41, 5.74) is 6.85. The number of H-pyrrole nitrogens is 1. The number of carbonyl (C=O) groups is 1. The van der Waals surface area contributed by atoms with Crippen molar-refractivity contribution in [2.75, 3.05) is 17.2 Å². The fraction of sp³-hybridized carbons (Fsp3) is 0.273. The molecule has 0 aliphatic carbocycles. The molecule has 2 aromatic rings. The normalized spacial score (nSPS) is 19.7. The van der Waals surface area contributed by atoms with E-state index in [1.54, 1.807) is 6.08 Å². The molecule has 0 radical (unpaired) electrons. The van der Waals surface area contributed by atoms with Gasteiger partial charge < -0.3 is 10.7 Å². The number of imidazole rings is 1. The number of hydrogen-bond acceptors (Lipinski definition) is 5. The molecule has 3 rings (SSSR count). The predicted molar refractivity (Wildman–Crippen MR) is 66.8 cm³/mol. The number of nitrogens with one attached hydrogen (secondary N) is 1. The highest BCUT2D eigenvalue weighted by atomic mass is 16.2. The quantitative estimate of drug-likeness (QED) is 0.748. The Morgan fingerprint density at radius 1 is 1.56 bits per heavy atom. The number of rotatable bonds is 2.